The van der Waals surface area contributed by atoms with Crippen LogP contribution in [0.1, 0.15) is 0 Å². The highest BCUT2D eigenvalue weighted by atomic mass is 79.9. The van der Waals surface area contributed by atoms with Gasteiger partial charge in [-0.2, -0.15) is 13.2 Å². The van der Waals surface area contributed by atoms with E-state index in [0.717, 1.165) is 5.48 Å². The minimum absolute atomic E-state index is 0.696. The van der Waals surface area contributed by atoms with Crippen molar-refractivity contribution in [2.24, 2.45) is 0 Å². The SMILES string of the molecule is O=C(NO[C@H]1[C@H](O)[C@@H](O)[C@@H](Br)O[C@@H]1CO)C(F)(F)F. The van der Waals surface area contributed by atoms with Crippen LogP contribution >= 0.6 is 15.9 Å². The Morgan fingerprint density at radius 2 is 1.95 bits per heavy atom. The Bertz CT molecular complexity index is 328. The molecule has 19 heavy (non-hydrogen) atoms. The van der Waals surface area contributed by atoms with Gasteiger partial charge >= 0.3 is 12.1 Å². The zero-order valence-corrected chi connectivity index (χ0v) is 10.8. The van der Waals surface area contributed by atoms with Gasteiger partial charge < -0.3 is 20.1 Å². The van der Waals surface area contributed by atoms with Gasteiger partial charge in [0.05, 0.1) is 6.61 Å². The molecule has 5 atom stereocenters. The average molecular weight is 354 g/mol. The largest absolute Gasteiger partial charge is 0.473 e. The molecule has 1 fully saturated rings. The van der Waals surface area contributed by atoms with Crippen molar-refractivity contribution in [2.75, 3.05) is 6.61 Å². The van der Waals surface area contributed by atoms with Crippen LogP contribution in [0, 0.1) is 0 Å². The van der Waals surface area contributed by atoms with Crippen molar-refractivity contribution < 1.29 is 42.9 Å². The molecule has 11 heteroatoms. The molecule has 0 unspecified atom stereocenters. The summed E-state index contributed by atoms with van der Waals surface area (Å²) in [4.78, 5) is 14.9. The summed E-state index contributed by atoms with van der Waals surface area (Å²) in [5.41, 5.74) is 1.08. The first-order valence-corrected chi connectivity index (χ1v) is 5.89. The number of nitrogens with one attached hydrogen (secondary N) is 1. The van der Waals surface area contributed by atoms with Crippen molar-refractivity contribution in [1.29, 1.82) is 0 Å². The number of carbonyl (C=O) groups excluding carboxylic acids is 1. The number of ether oxygens (including phenoxy) is 1. The van der Waals surface area contributed by atoms with E-state index < -0.39 is 48.1 Å². The van der Waals surface area contributed by atoms with Gasteiger partial charge in [0.2, 0.25) is 0 Å². The van der Waals surface area contributed by atoms with E-state index in [2.05, 4.69) is 20.8 Å². The molecular weight excluding hydrogens is 343 g/mol. The third-order valence-corrected chi connectivity index (χ3v) is 3.11. The van der Waals surface area contributed by atoms with Crippen LogP contribution in [0.25, 0.3) is 0 Å². The van der Waals surface area contributed by atoms with Crippen LogP contribution < -0.4 is 5.48 Å². The van der Waals surface area contributed by atoms with E-state index in [1.165, 1.54) is 0 Å². The molecule has 1 rings (SSSR count). The third-order valence-electron chi connectivity index (χ3n) is 2.35. The number of hydrogen-bond acceptors (Lipinski definition) is 6. The monoisotopic (exact) mass is 353 g/mol. The van der Waals surface area contributed by atoms with Crippen LogP contribution in [0.5, 0.6) is 0 Å². The van der Waals surface area contributed by atoms with Crippen molar-refractivity contribution in [1.82, 2.24) is 5.48 Å². The quantitative estimate of drug-likeness (QED) is 0.375. The zero-order valence-electron chi connectivity index (χ0n) is 9.17. The Hall–Kier alpha value is -0.460. The van der Waals surface area contributed by atoms with Crippen LogP contribution in [-0.4, -0.2) is 63.4 Å². The van der Waals surface area contributed by atoms with Gasteiger partial charge in [0, 0.05) is 0 Å². The van der Waals surface area contributed by atoms with Crippen LogP contribution in [0.15, 0.2) is 0 Å². The van der Waals surface area contributed by atoms with E-state index in [-0.39, 0.29) is 0 Å². The van der Waals surface area contributed by atoms with E-state index in [0.29, 0.717) is 0 Å². The lowest BCUT2D eigenvalue weighted by Gasteiger charge is -2.39. The summed E-state index contributed by atoms with van der Waals surface area (Å²) >= 11 is 2.85. The number of hydroxylamine groups is 1. The predicted molar refractivity (Wildman–Crippen MR) is 55.8 cm³/mol. The number of carbonyl (C=O) groups is 1. The molecule has 0 aliphatic carbocycles. The Morgan fingerprint density at radius 1 is 1.37 bits per heavy atom. The summed E-state index contributed by atoms with van der Waals surface area (Å²) in [5.74, 6) is -2.38. The van der Waals surface area contributed by atoms with Gasteiger partial charge in [0.1, 0.15) is 29.4 Å². The molecule has 1 saturated heterocycles. The molecular formula is C8H11BrF3NO6. The van der Waals surface area contributed by atoms with Crippen LogP contribution in [0.2, 0.25) is 0 Å². The number of halogens is 4. The predicted octanol–water partition coefficient (Wildman–Crippen LogP) is -1.20. The number of aliphatic hydroxyl groups is 3. The van der Waals surface area contributed by atoms with Gasteiger partial charge in [-0.1, -0.05) is 15.9 Å². The second kappa shape index (κ2) is 6.33. The van der Waals surface area contributed by atoms with E-state index in [1.807, 2.05) is 0 Å². The lowest BCUT2D eigenvalue weighted by Crippen LogP contribution is -2.59. The molecule has 7 nitrogen and oxygen atoms in total. The molecule has 0 aromatic rings. The summed E-state index contributed by atoms with van der Waals surface area (Å²) in [5, 5.41) is 27.0. The van der Waals surface area contributed by atoms with Crippen LogP contribution in [0.4, 0.5) is 13.2 Å². The van der Waals surface area contributed by atoms with E-state index >= 15 is 0 Å². The minimum atomic E-state index is -5.16. The summed E-state index contributed by atoms with van der Waals surface area (Å²) in [6.45, 7) is -0.696. The Balaban J connectivity index is 2.66. The number of amides is 1. The summed E-state index contributed by atoms with van der Waals surface area (Å²) in [6, 6.07) is 0. The van der Waals surface area contributed by atoms with Crippen molar-refractivity contribution in [3.05, 3.63) is 0 Å². The maximum absolute atomic E-state index is 11.9. The molecule has 0 radical (unpaired) electrons. The Morgan fingerprint density at radius 3 is 2.42 bits per heavy atom. The van der Waals surface area contributed by atoms with Crippen molar-refractivity contribution in [3.63, 3.8) is 0 Å². The van der Waals surface area contributed by atoms with Crippen molar-refractivity contribution in [3.8, 4) is 0 Å². The topological polar surface area (TPSA) is 108 Å². The standard InChI is InChI=1S/C8H11BrF3NO6/c9-6-4(16)3(15)5(2(1-14)18-6)19-13-7(17)8(10,11)12/h2-6,14-16H,1H2,(H,13,17)/t2-,3-,4-,5-,6+/m1/s1. The minimum Gasteiger partial charge on any atom is -0.394 e. The molecule has 0 saturated carbocycles. The summed E-state index contributed by atoms with van der Waals surface area (Å²) in [6.07, 6.45) is -11.1. The maximum Gasteiger partial charge on any atom is 0.473 e. The molecule has 1 aliphatic rings. The first kappa shape index (κ1) is 16.6. The smallest absolute Gasteiger partial charge is 0.394 e. The van der Waals surface area contributed by atoms with E-state index in [4.69, 9.17) is 9.84 Å². The summed E-state index contributed by atoms with van der Waals surface area (Å²) < 4.78 is 40.7. The van der Waals surface area contributed by atoms with Gasteiger partial charge in [0.15, 0.2) is 0 Å². The van der Waals surface area contributed by atoms with Crippen LogP contribution in [-0.2, 0) is 14.4 Å². The van der Waals surface area contributed by atoms with Gasteiger partial charge in [-0.25, -0.2) is 5.48 Å². The Labute approximate surface area is 113 Å². The fourth-order valence-electron chi connectivity index (χ4n) is 1.37. The molecule has 0 bridgehead atoms. The van der Waals surface area contributed by atoms with Gasteiger partial charge in [0.25, 0.3) is 0 Å². The summed E-state index contributed by atoms with van der Waals surface area (Å²) in [7, 11) is 0. The second-order valence-electron chi connectivity index (χ2n) is 3.70. The van der Waals surface area contributed by atoms with Crippen molar-refractivity contribution >= 4 is 21.8 Å². The average Bonchev–Trinajstić information content (AvgIpc) is 2.32. The molecule has 4 N–H and O–H groups in total. The molecule has 1 aliphatic heterocycles. The number of aliphatic hydroxyl groups excluding tert-OH is 3. The lowest BCUT2D eigenvalue weighted by atomic mass is 10.0. The van der Waals surface area contributed by atoms with Crippen LogP contribution in [0.3, 0.4) is 0 Å². The third kappa shape index (κ3) is 4.00. The fourth-order valence-corrected chi connectivity index (χ4v) is 1.96. The maximum atomic E-state index is 11.9. The molecule has 0 aromatic heterocycles. The molecule has 0 aromatic carbocycles. The highest BCUT2D eigenvalue weighted by molar-refractivity contribution is 9.09. The second-order valence-corrected chi connectivity index (χ2v) is 4.60. The molecule has 0 spiro atoms. The molecule has 1 heterocycles. The number of hydrogen-bond donors (Lipinski definition) is 4. The van der Waals surface area contributed by atoms with E-state index in [1.54, 1.807) is 0 Å². The number of alkyl halides is 4. The fraction of sp³-hybridized carbons (Fsp3) is 0.875. The number of rotatable bonds is 3. The highest BCUT2D eigenvalue weighted by Gasteiger charge is 2.46. The van der Waals surface area contributed by atoms with E-state index in [9.17, 15) is 28.2 Å². The van der Waals surface area contributed by atoms with Gasteiger partial charge in [-0.05, 0) is 0 Å². The first-order chi connectivity index (χ1) is 8.68. The Kier molecular flexibility index (Phi) is 5.53. The van der Waals surface area contributed by atoms with Crippen molar-refractivity contribution in [2.45, 2.75) is 35.6 Å². The zero-order chi connectivity index (χ0) is 14.8. The highest BCUT2D eigenvalue weighted by Crippen LogP contribution is 2.26. The van der Waals surface area contributed by atoms with Gasteiger partial charge in [-0.3, -0.25) is 9.63 Å². The normalized spacial score (nSPS) is 36.1. The van der Waals surface area contributed by atoms with Gasteiger partial charge in [-0.15, -0.1) is 0 Å². The lowest BCUT2D eigenvalue weighted by molar-refractivity contribution is -0.242. The first-order valence-electron chi connectivity index (χ1n) is 4.97. The molecule has 112 valence electrons. The molecule has 1 amide bonds.